The Morgan fingerprint density at radius 2 is 2.00 bits per heavy atom. The van der Waals surface area contributed by atoms with Gasteiger partial charge in [-0.05, 0) is 59.4 Å². The zero-order valence-electron chi connectivity index (χ0n) is 20.4. The van der Waals surface area contributed by atoms with Crippen LogP contribution in [0.5, 0.6) is 0 Å². The maximum Gasteiger partial charge on any atom is 0.407 e. The molecule has 1 atom stereocenters. The maximum absolute atomic E-state index is 12.1. The van der Waals surface area contributed by atoms with Crippen molar-refractivity contribution >= 4 is 12.1 Å². The van der Waals surface area contributed by atoms with E-state index in [9.17, 15) is 4.79 Å². The average molecular weight is 423 g/mol. The number of hydrogen-bond donors (Lipinski definition) is 2. The zero-order valence-corrected chi connectivity index (χ0v) is 20.4. The standard InChI is InChI=1S/C22H42N6O2/c1-16(2)19(25-21(29)30-22(5,6)7)11-14-27(9)20(23-8)24-12-10-13-28-18(4)15-17(3)26-28/h15-16,19H,10-14H2,1-9H3,(H,23,24)(H,25,29). The fourth-order valence-corrected chi connectivity index (χ4v) is 3.18. The summed E-state index contributed by atoms with van der Waals surface area (Å²) in [5, 5.41) is 10.9. The number of rotatable bonds is 9. The highest BCUT2D eigenvalue weighted by Crippen LogP contribution is 2.11. The molecule has 0 aliphatic rings. The molecule has 8 heteroatoms. The Bertz CT molecular complexity index is 690. The smallest absolute Gasteiger partial charge is 0.407 e. The molecule has 0 fully saturated rings. The van der Waals surface area contributed by atoms with Crippen molar-refractivity contribution in [2.45, 2.75) is 79.5 Å². The number of ether oxygens (including phenoxy) is 1. The monoisotopic (exact) mass is 422 g/mol. The summed E-state index contributed by atoms with van der Waals surface area (Å²) in [5.41, 5.74) is 1.74. The molecule has 1 amide bonds. The lowest BCUT2D eigenvalue weighted by Crippen LogP contribution is -2.45. The van der Waals surface area contributed by atoms with Crippen LogP contribution in [0.3, 0.4) is 0 Å². The highest BCUT2D eigenvalue weighted by molar-refractivity contribution is 5.79. The minimum absolute atomic E-state index is 0.0337. The molecule has 1 aromatic rings. The Morgan fingerprint density at radius 3 is 2.50 bits per heavy atom. The molecule has 1 aromatic heterocycles. The van der Waals surface area contributed by atoms with Crippen LogP contribution in [0.15, 0.2) is 11.1 Å². The molecule has 0 aliphatic carbocycles. The Hall–Kier alpha value is -2.25. The van der Waals surface area contributed by atoms with Gasteiger partial charge in [0.1, 0.15) is 5.60 Å². The van der Waals surface area contributed by atoms with Gasteiger partial charge in [-0.25, -0.2) is 4.79 Å². The van der Waals surface area contributed by atoms with Gasteiger partial charge in [0.05, 0.1) is 5.69 Å². The normalized spacial score (nSPS) is 13.3. The largest absolute Gasteiger partial charge is 0.444 e. The summed E-state index contributed by atoms with van der Waals surface area (Å²) in [6.07, 6.45) is 1.40. The van der Waals surface area contributed by atoms with Crippen molar-refractivity contribution in [2.75, 3.05) is 27.2 Å². The van der Waals surface area contributed by atoms with E-state index in [2.05, 4.69) is 52.5 Å². The molecule has 8 nitrogen and oxygen atoms in total. The lowest BCUT2D eigenvalue weighted by Gasteiger charge is -2.28. The van der Waals surface area contributed by atoms with Gasteiger partial charge in [-0.2, -0.15) is 5.10 Å². The first-order chi connectivity index (χ1) is 13.9. The van der Waals surface area contributed by atoms with E-state index in [0.29, 0.717) is 5.92 Å². The van der Waals surface area contributed by atoms with E-state index >= 15 is 0 Å². The summed E-state index contributed by atoms with van der Waals surface area (Å²) < 4.78 is 7.44. The van der Waals surface area contributed by atoms with Gasteiger partial charge in [0.2, 0.25) is 0 Å². The Morgan fingerprint density at radius 1 is 1.33 bits per heavy atom. The number of nitrogens with zero attached hydrogens (tertiary/aromatic N) is 4. The Balaban J connectivity index is 2.45. The van der Waals surface area contributed by atoms with Crippen LogP contribution in [0.2, 0.25) is 0 Å². The van der Waals surface area contributed by atoms with E-state index in [1.807, 2.05) is 39.4 Å². The Kier molecular flexibility index (Phi) is 10.2. The molecule has 0 saturated heterocycles. The van der Waals surface area contributed by atoms with E-state index in [0.717, 1.165) is 44.1 Å². The topological polar surface area (TPSA) is 83.8 Å². The highest BCUT2D eigenvalue weighted by atomic mass is 16.6. The molecule has 0 aromatic carbocycles. The van der Waals surface area contributed by atoms with Gasteiger partial charge < -0.3 is 20.3 Å². The van der Waals surface area contributed by atoms with Gasteiger partial charge in [-0.15, -0.1) is 0 Å². The first-order valence-electron chi connectivity index (χ1n) is 10.8. The van der Waals surface area contributed by atoms with E-state index < -0.39 is 5.60 Å². The van der Waals surface area contributed by atoms with E-state index in [1.165, 1.54) is 5.69 Å². The van der Waals surface area contributed by atoms with Crippen molar-refractivity contribution < 1.29 is 9.53 Å². The molecule has 2 N–H and O–H groups in total. The number of aromatic nitrogens is 2. The summed E-state index contributed by atoms with van der Waals surface area (Å²) in [7, 11) is 3.81. The first kappa shape index (κ1) is 25.8. The molecule has 30 heavy (non-hydrogen) atoms. The quantitative estimate of drug-likeness (QED) is 0.362. The number of nitrogens with one attached hydrogen (secondary N) is 2. The second kappa shape index (κ2) is 11.8. The number of aliphatic imine (C=N–C) groups is 1. The minimum atomic E-state index is -0.498. The number of amides is 1. The van der Waals surface area contributed by atoms with Crippen molar-refractivity contribution in [3.8, 4) is 0 Å². The lowest BCUT2D eigenvalue weighted by molar-refractivity contribution is 0.0486. The third kappa shape index (κ3) is 9.50. The fraction of sp³-hybridized carbons (Fsp3) is 0.773. The predicted octanol–water partition coefficient (Wildman–Crippen LogP) is 3.34. The van der Waals surface area contributed by atoms with Crippen LogP contribution < -0.4 is 10.6 Å². The summed E-state index contributed by atoms with van der Waals surface area (Å²) in [5.74, 6) is 1.16. The summed E-state index contributed by atoms with van der Waals surface area (Å²) in [6, 6.07) is 2.13. The molecule has 0 saturated carbocycles. The molecule has 0 spiro atoms. The van der Waals surface area contributed by atoms with Gasteiger partial charge in [0, 0.05) is 45.5 Å². The van der Waals surface area contributed by atoms with Crippen molar-refractivity contribution in [1.29, 1.82) is 0 Å². The molecular weight excluding hydrogens is 380 g/mol. The number of carbonyl (C=O) groups is 1. The van der Waals surface area contributed by atoms with Gasteiger partial charge in [0.25, 0.3) is 0 Å². The van der Waals surface area contributed by atoms with Crippen LogP contribution in [0.25, 0.3) is 0 Å². The maximum atomic E-state index is 12.1. The van der Waals surface area contributed by atoms with E-state index in [-0.39, 0.29) is 12.1 Å². The third-order valence-electron chi connectivity index (χ3n) is 4.79. The summed E-state index contributed by atoms with van der Waals surface area (Å²) >= 11 is 0. The van der Waals surface area contributed by atoms with Crippen LogP contribution in [0, 0.1) is 19.8 Å². The molecule has 1 rings (SSSR count). The van der Waals surface area contributed by atoms with Crippen molar-refractivity contribution in [1.82, 2.24) is 25.3 Å². The van der Waals surface area contributed by atoms with Gasteiger partial charge in [-0.3, -0.25) is 9.67 Å². The molecule has 172 valence electrons. The van der Waals surface area contributed by atoms with Crippen LogP contribution in [0.1, 0.15) is 58.8 Å². The van der Waals surface area contributed by atoms with Gasteiger partial charge in [-0.1, -0.05) is 13.8 Å². The molecule has 0 radical (unpaired) electrons. The predicted molar refractivity (Wildman–Crippen MR) is 123 cm³/mol. The molecule has 0 aliphatic heterocycles. The highest BCUT2D eigenvalue weighted by Gasteiger charge is 2.22. The van der Waals surface area contributed by atoms with Crippen LogP contribution in [-0.4, -0.2) is 65.6 Å². The SMILES string of the molecule is CN=C(NCCCn1nc(C)cc1C)N(C)CCC(NC(=O)OC(C)(C)C)C(C)C. The van der Waals surface area contributed by atoms with Crippen LogP contribution in [-0.2, 0) is 11.3 Å². The zero-order chi connectivity index (χ0) is 22.9. The van der Waals surface area contributed by atoms with Crippen molar-refractivity contribution in [2.24, 2.45) is 10.9 Å². The van der Waals surface area contributed by atoms with E-state index in [1.54, 1.807) is 7.05 Å². The Labute approximate surface area is 182 Å². The molecule has 0 bridgehead atoms. The lowest BCUT2D eigenvalue weighted by atomic mass is 10.0. The number of hydrogen-bond acceptors (Lipinski definition) is 4. The van der Waals surface area contributed by atoms with Crippen molar-refractivity contribution in [3.63, 3.8) is 0 Å². The van der Waals surface area contributed by atoms with Gasteiger partial charge >= 0.3 is 6.09 Å². The number of alkyl carbamates (subject to hydrolysis) is 1. The fourth-order valence-electron chi connectivity index (χ4n) is 3.18. The van der Waals surface area contributed by atoms with Crippen LogP contribution in [0.4, 0.5) is 4.79 Å². The first-order valence-corrected chi connectivity index (χ1v) is 10.8. The number of guanidine groups is 1. The molecule has 1 unspecified atom stereocenters. The average Bonchev–Trinajstić information content (AvgIpc) is 2.93. The number of carbonyl (C=O) groups excluding carboxylic acids is 1. The molecular formula is C22H42N6O2. The second-order valence-electron chi connectivity index (χ2n) is 9.18. The second-order valence-corrected chi connectivity index (χ2v) is 9.18. The summed E-state index contributed by atoms with van der Waals surface area (Å²) in [6.45, 7) is 16.4. The number of aryl methyl sites for hydroxylation is 3. The van der Waals surface area contributed by atoms with Crippen molar-refractivity contribution in [3.05, 3.63) is 17.5 Å². The molecule has 1 heterocycles. The van der Waals surface area contributed by atoms with Crippen LogP contribution >= 0.6 is 0 Å². The third-order valence-corrected chi connectivity index (χ3v) is 4.79. The van der Waals surface area contributed by atoms with Gasteiger partial charge in [0.15, 0.2) is 5.96 Å². The minimum Gasteiger partial charge on any atom is -0.444 e. The van der Waals surface area contributed by atoms with E-state index in [4.69, 9.17) is 4.74 Å². The summed E-state index contributed by atoms with van der Waals surface area (Å²) in [4.78, 5) is 18.6.